The molecule has 0 aromatic carbocycles. The van der Waals surface area contributed by atoms with Gasteiger partial charge in [0, 0.05) is 6.42 Å². The number of allylic oxidation sites excluding steroid dienone is 2. The van der Waals surface area contributed by atoms with Gasteiger partial charge in [-0.15, -0.1) is 0 Å². The number of rotatable bonds is 11. The van der Waals surface area contributed by atoms with Gasteiger partial charge >= 0.3 is 11.9 Å². The Morgan fingerprint density at radius 1 is 0.900 bits per heavy atom. The van der Waals surface area contributed by atoms with Gasteiger partial charge < -0.3 is 10.2 Å². The third kappa shape index (κ3) is 8.51. The van der Waals surface area contributed by atoms with Crippen LogP contribution in [0.2, 0.25) is 0 Å². The van der Waals surface area contributed by atoms with Gasteiger partial charge in [0.15, 0.2) is 0 Å². The fraction of sp³-hybridized carbons (Fsp3) is 0.625. The Morgan fingerprint density at radius 2 is 1.60 bits per heavy atom. The minimum Gasteiger partial charge on any atom is -0.481 e. The molecule has 0 saturated carbocycles. The van der Waals surface area contributed by atoms with Crippen LogP contribution in [0, 0.1) is 0 Å². The highest BCUT2D eigenvalue weighted by Crippen LogP contribution is 2.19. The van der Waals surface area contributed by atoms with E-state index in [0.717, 1.165) is 38.5 Å². The largest absolute Gasteiger partial charge is 0.481 e. The molecule has 0 atom stereocenters. The highest BCUT2D eigenvalue weighted by molar-refractivity contribution is 5.91. The molecule has 0 saturated heterocycles. The molecule has 114 valence electrons. The van der Waals surface area contributed by atoms with E-state index in [4.69, 9.17) is 5.11 Å². The lowest BCUT2D eigenvalue weighted by molar-refractivity contribution is -0.137. The van der Waals surface area contributed by atoms with Crippen LogP contribution < -0.4 is 0 Å². The predicted molar refractivity (Wildman–Crippen MR) is 79.7 cm³/mol. The SMILES string of the molecule is CCCC=C(CCC(=O)O)C(=CCCCCC)C(=O)O. The predicted octanol–water partition coefficient (Wildman–Crippen LogP) is 4.17. The topological polar surface area (TPSA) is 74.6 Å². The molecule has 0 bridgehead atoms. The molecule has 0 heterocycles. The van der Waals surface area contributed by atoms with Gasteiger partial charge in [-0.05, 0) is 31.3 Å². The first-order valence-corrected chi connectivity index (χ1v) is 7.37. The molecule has 0 aliphatic carbocycles. The average Bonchev–Trinajstić information content (AvgIpc) is 2.39. The number of carbonyl (C=O) groups is 2. The Bertz CT molecular complexity index is 367. The molecule has 0 aromatic rings. The van der Waals surface area contributed by atoms with Gasteiger partial charge in [-0.1, -0.05) is 45.3 Å². The van der Waals surface area contributed by atoms with E-state index in [-0.39, 0.29) is 18.4 Å². The number of aliphatic carboxylic acids is 2. The second-order valence-corrected chi connectivity index (χ2v) is 4.83. The van der Waals surface area contributed by atoms with E-state index in [1.807, 2.05) is 13.0 Å². The van der Waals surface area contributed by atoms with Crippen LogP contribution in [0.15, 0.2) is 23.3 Å². The minimum absolute atomic E-state index is 0.0326. The van der Waals surface area contributed by atoms with Crippen molar-refractivity contribution in [2.75, 3.05) is 0 Å². The van der Waals surface area contributed by atoms with Crippen molar-refractivity contribution in [1.82, 2.24) is 0 Å². The quantitative estimate of drug-likeness (QED) is 0.339. The molecule has 0 spiro atoms. The van der Waals surface area contributed by atoms with E-state index in [0.29, 0.717) is 5.57 Å². The lowest BCUT2D eigenvalue weighted by Gasteiger charge is -2.08. The standard InChI is InChI=1S/C16H26O4/c1-3-5-7-8-10-14(16(19)20)13(9-6-4-2)11-12-15(17)18/h9-10H,3-8,11-12H2,1-2H3,(H,17,18)(H,19,20). The van der Waals surface area contributed by atoms with Gasteiger partial charge in [-0.3, -0.25) is 4.79 Å². The van der Waals surface area contributed by atoms with E-state index in [9.17, 15) is 14.7 Å². The highest BCUT2D eigenvalue weighted by atomic mass is 16.4. The summed E-state index contributed by atoms with van der Waals surface area (Å²) in [4.78, 5) is 22.0. The van der Waals surface area contributed by atoms with Crippen molar-refractivity contribution in [2.45, 2.75) is 65.2 Å². The van der Waals surface area contributed by atoms with Crippen molar-refractivity contribution in [3.63, 3.8) is 0 Å². The summed E-state index contributed by atoms with van der Waals surface area (Å²) in [5.74, 6) is -1.86. The fourth-order valence-electron chi connectivity index (χ4n) is 1.90. The third-order valence-corrected chi connectivity index (χ3v) is 3.02. The summed E-state index contributed by atoms with van der Waals surface area (Å²) in [5.41, 5.74) is 0.925. The summed E-state index contributed by atoms with van der Waals surface area (Å²) < 4.78 is 0. The van der Waals surface area contributed by atoms with Crippen molar-refractivity contribution in [1.29, 1.82) is 0 Å². The zero-order valence-corrected chi connectivity index (χ0v) is 12.5. The summed E-state index contributed by atoms with van der Waals surface area (Å²) in [6.07, 6.45) is 9.40. The summed E-state index contributed by atoms with van der Waals surface area (Å²) in [6.45, 7) is 4.11. The molecular weight excluding hydrogens is 256 g/mol. The maximum Gasteiger partial charge on any atom is 0.335 e. The van der Waals surface area contributed by atoms with E-state index in [1.54, 1.807) is 6.08 Å². The smallest absolute Gasteiger partial charge is 0.335 e. The van der Waals surface area contributed by atoms with Crippen molar-refractivity contribution in [3.05, 3.63) is 23.3 Å². The molecule has 0 unspecified atom stereocenters. The van der Waals surface area contributed by atoms with Gasteiger partial charge in [0.25, 0.3) is 0 Å². The molecule has 4 nitrogen and oxygen atoms in total. The lowest BCUT2D eigenvalue weighted by atomic mass is 9.97. The Morgan fingerprint density at radius 3 is 2.10 bits per heavy atom. The molecule has 0 aliphatic rings. The highest BCUT2D eigenvalue weighted by Gasteiger charge is 2.14. The van der Waals surface area contributed by atoms with Crippen molar-refractivity contribution in [3.8, 4) is 0 Å². The first kappa shape index (κ1) is 18.4. The van der Waals surface area contributed by atoms with Gasteiger partial charge in [0.2, 0.25) is 0 Å². The summed E-state index contributed by atoms with van der Waals surface area (Å²) in [7, 11) is 0. The van der Waals surface area contributed by atoms with Crippen LogP contribution in [0.4, 0.5) is 0 Å². The first-order valence-electron chi connectivity index (χ1n) is 7.37. The van der Waals surface area contributed by atoms with E-state index in [2.05, 4.69) is 6.92 Å². The Labute approximate surface area is 121 Å². The van der Waals surface area contributed by atoms with Crippen LogP contribution in [-0.4, -0.2) is 22.2 Å². The zero-order chi connectivity index (χ0) is 15.4. The summed E-state index contributed by atoms with van der Waals surface area (Å²) >= 11 is 0. The number of carboxylic acid groups (broad SMARTS) is 2. The van der Waals surface area contributed by atoms with Crippen LogP contribution in [0.25, 0.3) is 0 Å². The number of hydrogen-bond donors (Lipinski definition) is 2. The van der Waals surface area contributed by atoms with Crippen molar-refractivity contribution < 1.29 is 19.8 Å². The molecule has 0 aliphatic heterocycles. The van der Waals surface area contributed by atoms with Crippen LogP contribution in [0.5, 0.6) is 0 Å². The van der Waals surface area contributed by atoms with Gasteiger partial charge in [0.1, 0.15) is 0 Å². The van der Waals surface area contributed by atoms with E-state index >= 15 is 0 Å². The third-order valence-electron chi connectivity index (χ3n) is 3.02. The van der Waals surface area contributed by atoms with Crippen LogP contribution in [0.3, 0.4) is 0 Å². The van der Waals surface area contributed by atoms with Gasteiger partial charge in [0.05, 0.1) is 5.57 Å². The lowest BCUT2D eigenvalue weighted by Crippen LogP contribution is -2.06. The average molecular weight is 282 g/mol. The second-order valence-electron chi connectivity index (χ2n) is 4.83. The maximum atomic E-state index is 11.4. The van der Waals surface area contributed by atoms with Crippen LogP contribution in [-0.2, 0) is 9.59 Å². The normalized spacial score (nSPS) is 12.5. The first-order chi connectivity index (χ1) is 9.52. The van der Waals surface area contributed by atoms with Crippen molar-refractivity contribution in [2.24, 2.45) is 0 Å². The molecule has 0 rings (SSSR count). The second kappa shape index (κ2) is 11.3. The zero-order valence-electron chi connectivity index (χ0n) is 12.5. The maximum absolute atomic E-state index is 11.4. The Kier molecular flexibility index (Phi) is 10.4. The van der Waals surface area contributed by atoms with E-state index < -0.39 is 11.9 Å². The number of hydrogen-bond acceptors (Lipinski definition) is 2. The molecule has 0 aromatic heterocycles. The van der Waals surface area contributed by atoms with Gasteiger partial charge in [-0.2, -0.15) is 0 Å². The molecule has 0 radical (unpaired) electrons. The Balaban J connectivity index is 4.91. The molecular formula is C16H26O4. The van der Waals surface area contributed by atoms with Crippen LogP contribution >= 0.6 is 0 Å². The molecule has 20 heavy (non-hydrogen) atoms. The Hall–Kier alpha value is -1.58. The summed E-state index contributed by atoms with van der Waals surface area (Å²) in [5, 5.41) is 18.1. The summed E-state index contributed by atoms with van der Waals surface area (Å²) in [6, 6.07) is 0. The van der Waals surface area contributed by atoms with E-state index in [1.165, 1.54) is 0 Å². The monoisotopic (exact) mass is 282 g/mol. The fourth-order valence-corrected chi connectivity index (χ4v) is 1.90. The minimum atomic E-state index is -0.964. The number of carboxylic acids is 2. The molecule has 0 fully saturated rings. The van der Waals surface area contributed by atoms with Gasteiger partial charge in [-0.25, -0.2) is 4.79 Å². The molecule has 0 amide bonds. The van der Waals surface area contributed by atoms with Crippen molar-refractivity contribution >= 4 is 11.9 Å². The molecule has 2 N–H and O–H groups in total. The van der Waals surface area contributed by atoms with Crippen LogP contribution in [0.1, 0.15) is 65.2 Å². The molecule has 4 heteroatoms. The number of unbranched alkanes of at least 4 members (excludes halogenated alkanes) is 4.